The van der Waals surface area contributed by atoms with E-state index in [1.807, 2.05) is 23.8 Å². The first-order valence-electron chi connectivity index (χ1n) is 7.60. The van der Waals surface area contributed by atoms with E-state index in [1.165, 1.54) is 16.8 Å². The van der Waals surface area contributed by atoms with Gasteiger partial charge in [-0.05, 0) is 19.1 Å². The van der Waals surface area contributed by atoms with Crippen LogP contribution in [0.4, 0.5) is 10.2 Å². The Balaban J connectivity index is 1.68. The fourth-order valence-electron chi connectivity index (χ4n) is 2.41. The van der Waals surface area contributed by atoms with Gasteiger partial charge in [0.25, 0.3) is 0 Å². The van der Waals surface area contributed by atoms with Crippen LogP contribution in [0.1, 0.15) is 17.8 Å². The number of benzene rings is 1. The van der Waals surface area contributed by atoms with Crippen molar-refractivity contribution in [1.29, 1.82) is 5.26 Å². The first-order valence-corrected chi connectivity index (χ1v) is 7.60. The predicted octanol–water partition coefficient (Wildman–Crippen LogP) is 2.42. The molecule has 0 aliphatic carbocycles. The summed E-state index contributed by atoms with van der Waals surface area (Å²) in [6.45, 7) is 2.38. The topological polar surface area (TPSA) is 88.5 Å². The van der Waals surface area contributed by atoms with Crippen molar-refractivity contribution in [2.45, 2.75) is 19.9 Å². The number of carbonyl (C=O) groups is 1. The Morgan fingerprint density at radius 2 is 2.20 bits per heavy atom. The molecule has 0 atom stereocenters. The molecule has 2 heterocycles. The molecule has 25 heavy (non-hydrogen) atoms. The highest BCUT2D eigenvalue weighted by Crippen LogP contribution is 2.18. The molecule has 0 bridgehead atoms. The van der Waals surface area contributed by atoms with Crippen molar-refractivity contribution in [3.05, 3.63) is 60.1 Å². The van der Waals surface area contributed by atoms with Gasteiger partial charge in [-0.3, -0.25) is 4.79 Å². The Kier molecular flexibility index (Phi) is 4.57. The zero-order chi connectivity index (χ0) is 17.8. The van der Waals surface area contributed by atoms with Crippen LogP contribution in [0.25, 0.3) is 5.69 Å². The number of hydrogen-bond donors (Lipinski definition) is 1. The number of nitriles is 1. The molecule has 1 N–H and O–H groups in total. The Morgan fingerprint density at radius 1 is 1.36 bits per heavy atom. The number of amides is 1. The van der Waals surface area contributed by atoms with E-state index < -0.39 is 5.82 Å². The number of aromatic nitrogens is 4. The van der Waals surface area contributed by atoms with Crippen LogP contribution in [0.15, 0.2) is 42.9 Å². The average molecular weight is 338 g/mol. The van der Waals surface area contributed by atoms with Crippen molar-refractivity contribution in [2.24, 2.45) is 0 Å². The van der Waals surface area contributed by atoms with Crippen molar-refractivity contribution < 1.29 is 9.18 Å². The maximum atomic E-state index is 13.7. The summed E-state index contributed by atoms with van der Waals surface area (Å²) in [4.78, 5) is 16.1. The average Bonchev–Trinajstić information content (AvgIpc) is 3.21. The van der Waals surface area contributed by atoms with Crippen LogP contribution in [0, 0.1) is 24.1 Å². The van der Waals surface area contributed by atoms with Gasteiger partial charge in [-0.2, -0.15) is 10.4 Å². The lowest BCUT2D eigenvalue weighted by Gasteiger charge is -2.06. The molecule has 0 saturated heterocycles. The Bertz CT molecular complexity index is 952. The van der Waals surface area contributed by atoms with Crippen LogP contribution >= 0.6 is 0 Å². The second-order valence-corrected chi connectivity index (χ2v) is 5.36. The third-order valence-corrected chi connectivity index (χ3v) is 3.71. The van der Waals surface area contributed by atoms with Crippen molar-refractivity contribution in [1.82, 2.24) is 19.3 Å². The van der Waals surface area contributed by atoms with Crippen LogP contribution in [-0.4, -0.2) is 25.2 Å². The summed E-state index contributed by atoms with van der Waals surface area (Å²) >= 11 is 0. The number of nitrogens with zero attached hydrogens (tertiary/aromatic N) is 5. The van der Waals surface area contributed by atoms with Crippen molar-refractivity contribution in [2.75, 3.05) is 5.32 Å². The minimum atomic E-state index is -0.614. The van der Waals surface area contributed by atoms with E-state index in [2.05, 4.69) is 15.4 Å². The van der Waals surface area contributed by atoms with Gasteiger partial charge in [0.05, 0.1) is 5.69 Å². The lowest BCUT2D eigenvalue weighted by Crippen LogP contribution is -2.15. The minimum Gasteiger partial charge on any atom is -0.335 e. The van der Waals surface area contributed by atoms with Crippen molar-refractivity contribution >= 4 is 11.7 Å². The summed E-state index contributed by atoms with van der Waals surface area (Å²) in [5.41, 5.74) is 0.219. The summed E-state index contributed by atoms with van der Waals surface area (Å²) in [6, 6.07) is 7.71. The van der Waals surface area contributed by atoms with E-state index in [0.29, 0.717) is 18.1 Å². The van der Waals surface area contributed by atoms with Crippen LogP contribution in [-0.2, 0) is 11.3 Å². The van der Waals surface area contributed by atoms with E-state index in [-0.39, 0.29) is 17.9 Å². The van der Waals surface area contributed by atoms with E-state index >= 15 is 0 Å². The summed E-state index contributed by atoms with van der Waals surface area (Å²) in [5, 5.41) is 16.0. The number of aryl methyl sites for hydroxylation is 2. The van der Waals surface area contributed by atoms with Crippen LogP contribution in [0.5, 0.6) is 0 Å². The van der Waals surface area contributed by atoms with Crippen LogP contribution in [0.2, 0.25) is 0 Å². The molecule has 1 aromatic carbocycles. The highest BCUT2D eigenvalue weighted by molar-refractivity contribution is 5.89. The molecule has 0 aliphatic heterocycles. The third kappa shape index (κ3) is 3.55. The quantitative estimate of drug-likeness (QED) is 0.774. The van der Waals surface area contributed by atoms with Crippen molar-refractivity contribution in [3.8, 4) is 11.8 Å². The number of imidazole rings is 1. The van der Waals surface area contributed by atoms with Gasteiger partial charge < -0.3 is 9.88 Å². The highest BCUT2D eigenvalue weighted by Gasteiger charge is 2.12. The maximum Gasteiger partial charge on any atom is 0.227 e. The molecular formula is C17H15FN6O. The standard InChI is InChI=1S/C17H15FN6O/c1-12-20-7-10-23(12)8-6-17(25)21-16-5-9-24(22-16)15-4-2-3-14(18)13(15)11-19/h2-5,7,9-10H,6,8H2,1H3,(H,21,22,25). The molecule has 8 heteroatoms. The van der Waals surface area contributed by atoms with Gasteiger partial charge in [0.15, 0.2) is 5.82 Å². The first-order chi connectivity index (χ1) is 12.1. The number of halogens is 1. The normalized spacial score (nSPS) is 10.4. The van der Waals surface area contributed by atoms with E-state index in [1.54, 1.807) is 24.5 Å². The third-order valence-electron chi connectivity index (χ3n) is 3.71. The molecule has 0 radical (unpaired) electrons. The zero-order valence-corrected chi connectivity index (χ0v) is 13.5. The Hall–Kier alpha value is -3.47. The SMILES string of the molecule is Cc1nccn1CCC(=O)Nc1ccn(-c2cccc(F)c2C#N)n1. The number of nitrogens with one attached hydrogen (secondary N) is 1. The maximum absolute atomic E-state index is 13.7. The van der Waals surface area contributed by atoms with Gasteiger partial charge in [0, 0.05) is 37.6 Å². The Morgan fingerprint density at radius 3 is 2.92 bits per heavy atom. The van der Waals surface area contributed by atoms with Gasteiger partial charge in [0.1, 0.15) is 23.3 Å². The molecule has 0 fully saturated rings. The second kappa shape index (κ2) is 6.97. The molecule has 126 valence electrons. The largest absolute Gasteiger partial charge is 0.335 e. The predicted molar refractivity (Wildman–Crippen MR) is 88.4 cm³/mol. The molecule has 0 spiro atoms. The molecule has 3 rings (SSSR count). The fourth-order valence-corrected chi connectivity index (χ4v) is 2.41. The molecule has 7 nitrogen and oxygen atoms in total. The monoisotopic (exact) mass is 338 g/mol. The van der Waals surface area contributed by atoms with Gasteiger partial charge in [-0.25, -0.2) is 14.1 Å². The minimum absolute atomic E-state index is 0.0981. The summed E-state index contributed by atoms with van der Waals surface area (Å²) < 4.78 is 16.9. The van der Waals surface area contributed by atoms with Crippen molar-refractivity contribution in [3.63, 3.8) is 0 Å². The van der Waals surface area contributed by atoms with Gasteiger partial charge in [0.2, 0.25) is 5.91 Å². The van der Waals surface area contributed by atoms with Crippen LogP contribution in [0.3, 0.4) is 0 Å². The Labute approximate surface area is 143 Å². The zero-order valence-electron chi connectivity index (χ0n) is 13.5. The van der Waals surface area contributed by atoms with E-state index in [4.69, 9.17) is 5.26 Å². The summed E-state index contributed by atoms with van der Waals surface area (Å²) in [7, 11) is 0. The number of carbonyl (C=O) groups excluding carboxylic acids is 1. The molecule has 3 aromatic rings. The second-order valence-electron chi connectivity index (χ2n) is 5.36. The number of hydrogen-bond acceptors (Lipinski definition) is 4. The highest BCUT2D eigenvalue weighted by atomic mass is 19.1. The smallest absolute Gasteiger partial charge is 0.227 e. The first kappa shape index (κ1) is 16.4. The van der Waals surface area contributed by atoms with Gasteiger partial charge in [-0.1, -0.05) is 6.07 Å². The van der Waals surface area contributed by atoms with E-state index in [9.17, 15) is 9.18 Å². The lowest BCUT2D eigenvalue weighted by molar-refractivity contribution is -0.116. The lowest BCUT2D eigenvalue weighted by atomic mass is 10.2. The molecule has 0 unspecified atom stereocenters. The van der Waals surface area contributed by atoms with Gasteiger partial charge in [-0.15, -0.1) is 0 Å². The number of rotatable bonds is 5. The fraction of sp³-hybridized carbons (Fsp3) is 0.176. The molecule has 1 amide bonds. The summed E-state index contributed by atoms with van der Waals surface area (Å²) in [6.07, 6.45) is 5.32. The van der Waals surface area contributed by atoms with E-state index in [0.717, 1.165) is 5.82 Å². The molecule has 0 aliphatic rings. The number of anilines is 1. The van der Waals surface area contributed by atoms with Crippen LogP contribution < -0.4 is 5.32 Å². The van der Waals surface area contributed by atoms with Gasteiger partial charge >= 0.3 is 0 Å². The summed E-state index contributed by atoms with van der Waals surface area (Å²) in [5.74, 6) is 0.364. The molecule has 0 saturated carbocycles. The molecular weight excluding hydrogens is 323 g/mol. The molecule has 2 aromatic heterocycles.